The van der Waals surface area contributed by atoms with Crippen LogP contribution in [0.2, 0.25) is 0 Å². The van der Waals surface area contributed by atoms with Crippen LogP contribution in [0.3, 0.4) is 0 Å². The van der Waals surface area contributed by atoms with Crippen LogP contribution < -0.4 is 0 Å². The van der Waals surface area contributed by atoms with Gasteiger partial charge in [-0.3, -0.25) is 10.1 Å². The lowest BCUT2D eigenvalue weighted by molar-refractivity contribution is -0.385. The molecule has 1 aromatic rings. The maximum absolute atomic E-state index is 12.8. The maximum atomic E-state index is 12.8. The molecular formula is C9H6F2N2O2. The van der Waals surface area contributed by atoms with Crippen LogP contribution in [0.15, 0.2) is 18.2 Å². The molecule has 0 radical (unpaired) electrons. The first-order valence-corrected chi connectivity index (χ1v) is 3.93. The molecule has 0 aliphatic carbocycles. The van der Waals surface area contributed by atoms with Crippen LogP contribution in [0.5, 0.6) is 0 Å². The van der Waals surface area contributed by atoms with Gasteiger partial charge >= 0.3 is 0 Å². The van der Waals surface area contributed by atoms with Crippen molar-refractivity contribution in [2.45, 2.75) is 12.8 Å². The number of hydrogen-bond acceptors (Lipinski definition) is 3. The van der Waals surface area contributed by atoms with Crippen molar-refractivity contribution in [3.63, 3.8) is 0 Å². The number of nitrogens with zero attached hydrogens (tertiary/aromatic N) is 2. The average molecular weight is 212 g/mol. The van der Waals surface area contributed by atoms with Crippen molar-refractivity contribution in [2.24, 2.45) is 0 Å². The molecule has 6 heteroatoms. The van der Waals surface area contributed by atoms with Crippen molar-refractivity contribution in [2.75, 3.05) is 0 Å². The smallest absolute Gasteiger partial charge is 0.258 e. The van der Waals surface area contributed by atoms with Gasteiger partial charge in [0.2, 0.25) is 0 Å². The molecule has 0 aliphatic heterocycles. The molecule has 15 heavy (non-hydrogen) atoms. The molecule has 78 valence electrons. The van der Waals surface area contributed by atoms with E-state index >= 15 is 0 Å². The summed E-state index contributed by atoms with van der Waals surface area (Å²) in [6, 6.07) is 4.31. The molecule has 0 heterocycles. The van der Waals surface area contributed by atoms with Crippen LogP contribution in [0.1, 0.15) is 18.1 Å². The van der Waals surface area contributed by atoms with E-state index in [9.17, 15) is 18.9 Å². The third-order valence-electron chi connectivity index (χ3n) is 1.82. The highest BCUT2D eigenvalue weighted by Gasteiger charge is 2.27. The topological polar surface area (TPSA) is 66.9 Å². The first-order chi connectivity index (χ1) is 6.86. The Hall–Kier alpha value is -2.03. The Morgan fingerprint density at radius 1 is 1.53 bits per heavy atom. The van der Waals surface area contributed by atoms with Crippen molar-refractivity contribution >= 4 is 5.69 Å². The zero-order valence-electron chi connectivity index (χ0n) is 7.70. The van der Waals surface area contributed by atoms with E-state index in [1.54, 1.807) is 6.07 Å². The van der Waals surface area contributed by atoms with Gasteiger partial charge in [-0.25, -0.2) is 8.78 Å². The van der Waals surface area contributed by atoms with Gasteiger partial charge in [0.05, 0.1) is 4.92 Å². The maximum Gasteiger partial charge on any atom is 0.287 e. The second kappa shape index (κ2) is 3.61. The summed E-state index contributed by atoms with van der Waals surface area (Å²) in [5.74, 6) is -3.15. The molecule has 0 aliphatic rings. The van der Waals surface area contributed by atoms with Crippen LogP contribution in [-0.2, 0) is 5.92 Å². The molecule has 0 aromatic heterocycles. The van der Waals surface area contributed by atoms with Crippen LogP contribution >= 0.6 is 0 Å². The molecule has 0 amide bonds. The van der Waals surface area contributed by atoms with Crippen LogP contribution in [0.25, 0.3) is 0 Å². The minimum atomic E-state index is -3.15. The van der Waals surface area contributed by atoms with Gasteiger partial charge in [-0.15, -0.1) is 0 Å². The Morgan fingerprint density at radius 2 is 2.13 bits per heavy atom. The first kappa shape index (κ1) is 11.0. The molecule has 0 unspecified atom stereocenters. The summed E-state index contributed by atoms with van der Waals surface area (Å²) in [7, 11) is 0. The summed E-state index contributed by atoms with van der Waals surface area (Å²) < 4.78 is 25.7. The largest absolute Gasteiger partial charge is 0.287 e. The van der Waals surface area contributed by atoms with E-state index in [4.69, 9.17) is 5.26 Å². The van der Waals surface area contributed by atoms with Crippen molar-refractivity contribution < 1.29 is 13.7 Å². The standard InChI is InChI=1S/C9H6F2N2O2/c1-9(10,11)7-3-2-6(5-12)8(4-7)13(14)15/h2-4H,1H3. The molecule has 0 spiro atoms. The molecule has 0 N–H and O–H groups in total. The number of alkyl halides is 2. The fraction of sp³-hybridized carbons (Fsp3) is 0.222. The molecular weight excluding hydrogens is 206 g/mol. The van der Waals surface area contributed by atoms with E-state index in [1.807, 2.05) is 0 Å². The highest BCUT2D eigenvalue weighted by atomic mass is 19.3. The number of nitro groups is 1. The highest BCUT2D eigenvalue weighted by Crippen LogP contribution is 2.30. The Morgan fingerprint density at radius 3 is 2.53 bits per heavy atom. The number of hydrogen-bond donors (Lipinski definition) is 0. The van der Waals surface area contributed by atoms with Crippen molar-refractivity contribution in [1.29, 1.82) is 5.26 Å². The van der Waals surface area contributed by atoms with Gasteiger partial charge in [-0.2, -0.15) is 5.26 Å². The Labute approximate surface area is 83.9 Å². The highest BCUT2D eigenvalue weighted by molar-refractivity contribution is 5.51. The summed E-state index contributed by atoms with van der Waals surface area (Å²) in [6.07, 6.45) is 0. The number of nitriles is 1. The number of benzene rings is 1. The number of nitro benzene ring substituents is 1. The summed E-state index contributed by atoms with van der Waals surface area (Å²) in [4.78, 5) is 9.62. The molecule has 0 atom stereocenters. The lowest BCUT2D eigenvalue weighted by Crippen LogP contribution is -2.07. The Bertz CT molecular complexity index is 446. The van der Waals surface area contributed by atoms with Crippen LogP contribution in [0.4, 0.5) is 14.5 Å². The average Bonchev–Trinajstić information content (AvgIpc) is 2.15. The molecule has 1 rings (SSSR count). The van der Waals surface area contributed by atoms with Gasteiger partial charge in [-0.05, 0) is 6.07 Å². The van der Waals surface area contributed by atoms with Crippen LogP contribution in [-0.4, -0.2) is 4.92 Å². The number of halogens is 2. The second-order valence-electron chi connectivity index (χ2n) is 2.99. The molecule has 0 saturated heterocycles. The van der Waals surface area contributed by atoms with Gasteiger partial charge in [0, 0.05) is 18.6 Å². The van der Waals surface area contributed by atoms with E-state index < -0.39 is 22.1 Å². The van der Waals surface area contributed by atoms with Crippen molar-refractivity contribution in [1.82, 2.24) is 0 Å². The first-order valence-electron chi connectivity index (χ1n) is 3.93. The van der Waals surface area contributed by atoms with E-state index in [0.29, 0.717) is 6.92 Å². The van der Waals surface area contributed by atoms with Crippen molar-refractivity contribution in [3.05, 3.63) is 39.4 Å². The van der Waals surface area contributed by atoms with E-state index in [-0.39, 0.29) is 5.56 Å². The van der Waals surface area contributed by atoms with Gasteiger partial charge in [0.25, 0.3) is 11.6 Å². The van der Waals surface area contributed by atoms with E-state index in [1.165, 1.54) is 0 Å². The second-order valence-corrected chi connectivity index (χ2v) is 2.99. The predicted octanol–water partition coefficient (Wildman–Crippen LogP) is 2.58. The molecule has 4 nitrogen and oxygen atoms in total. The molecule has 0 fully saturated rings. The third-order valence-corrected chi connectivity index (χ3v) is 1.82. The molecule has 0 saturated carbocycles. The summed E-state index contributed by atoms with van der Waals surface area (Å²) >= 11 is 0. The quantitative estimate of drug-likeness (QED) is 0.558. The zero-order valence-corrected chi connectivity index (χ0v) is 7.70. The summed E-state index contributed by atoms with van der Waals surface area (Å²) in [5.41, 5.74) is -1.31. The molecule has 1 aromatic carbocycles. The Kier molecular flexibility index (Phi) is 2.66. The third kappa shape index (κ3) is 2.26. The van der Waals surface area contributed by atoms with Gasteiger partial charge in [-0.1, -0.05) is 6.07 Å². The van der Waals surface area contributed by atoms with Gasteiger partial charge in [0.15, 0.2) is 0 Å². The van der Waals surface area contributed by atoms with Crippen LogP contribution in [0, 0.1) is 21.4 Å². The van der Waals surface area contributed by atoms with Gasteiger partial charge < -0.3 is 0 Å². The van der Waals surface area contributed by atoms with Crippen molar-refractivity contribution in [3.8, 4) is 6.07 Å². The van der Waals surface area contributed by atoms with E-state index in [0.717, 1.165) is 18.2 Å². The lowest BCUT2D eigenvalue weighted by Gasteiger charge is -2.09. The normalized spacial score (nSPS) is 10.8. The minimum absolute atomic E-state index is 0.229. The summed E-state index contributed by atoms with van der Waals surface area (Å²) in [6.45, 7) is 0.637. The lowest BCUT2D eigenvalue weighted by atomic mass is 10.1. The summed E-state index contributed by atoms with van der Waals surface area (Å²) in [5, 5.41) is 19.0. The monoisotopic (exact) mass is 212 g/mol. The fourth-order valence-electron chi connectivity index (χ4n) is 1.05. The van der Waals surface area contributed by atoms with Gasteiger partial charge in [0.1, 0.15) is 11.6 Å². The molecule has 0 bridgehead atoms. The SMILES string of the molecule is CC(F)(F)c1ccc(C#N)c([N+](=O)[O-])c1. The van der Waals surface area contributed by atoms with E-state index in [2.05, 4.69) is 0 Å². The fourth-order valence-corrected chi connectivity index (χ4v) is 1.05. The zero-order chi connectivity index (χ0) is 11.6. The number of rotatable bonds is 2. The predicted molar refractivity (Wildman–Crippen MR) is 47.4 cm³/mol. The Balaban J connectivity index is 3.37. The minimum Gasteiger partial charge on any atom is -0.258 e.